The Hall–Kier alpha value is -3.03. The van der Waals surface area contributed by atoms with E-state index in [1.54, 1.807) is 7.11 Å². The van der Waals surface area contributed by atoms with Crippen molar-refractivity contribution in [2.24, 2.45) is 4.99 Å². The summed E-state index contributed by atoms with van der Waals surface area (Å²) < 4.78 is 17.5. The van der Waals surface area contributed by atoms with E-state index in [0.717, 1.165) is 27.9 Å². The van der Waals surface area contributed by atoms with Gasteiger partial charge in [-0.2, -0.15) is 4.99 Å². The molecule has 1 aromatic heterocycles. The minimum Gasteiger partial charge on any atom is -0.497 e. The van der Waals surface area contributed by atoms with Crippen molar-refractivity contribution in [2.45, 2.75) is 13.3 Å². The molecule has 0 saturated heterocycles. The topological polar surface area (TPSA) is 62.3 Å². The molecule has 28 heavy (non-hydrogen) atoms. The Labute approximate surface area is 164 Å². The number of ether oxygens (including phenoxy) is 3. The van der Waals surface area contributed by atoms with Crippen LogP contribution in [0.3, 0.4) is 0 Å². The van der Waals surface area contributed by atoms with Gasteiger partial charge in [-0.1, -0.05) is 0 Å². The third kappa shape index (κ3) is 3.30. The van der Waals surface area contributed by atoms with Crippen LogP contribution in [0.5, 0.6) is 11.5 Å². The van der Waals surface area contributed by atoms with E-state index >= 15 is 0 Å². The van der Waals surface area contributed by atoms with Gasteiger partial charge in [0.15, 0.2) is 0 Å². The van der Waals surface area contributed by atoms with Crippen LogP contribution < -0.4 is 14.5 Å². The van der Waals surface area contributed by atoms with E-state index in [0.29, 0.717) is 18.3 Å². The number of hydrazine groups is 1. The number of H-pyrrole nitrogens is 1. The third-order valence-corrected chi connectivity index (χ3v) is 4.60. The smallest absolute Gasteiger partial charge is 0.245 e. The molecule has 0 saturated carbocycles. The number of benzene rings is 2. The van der Waals surface area contributed by atoms with Gasteiger partial charge < -0.3 is 19.2 Å². The molecule has 146 valence electrons. The van der Waals surface area contributed by atoms with Gasteiger partial charge in [-0.3, -0.25) is 5.01 Å². The van der Waals surface area contributed by atoms with Gasteiger partial charge >= 0.3 is 0 Å². The molecule has 0 fully saturated rings. The lowest BCUT2D eigenvalue weighted by molar-refractivity contribution is 0.0336. The van der Waals surface area contributed by atoms with Crippen LogP contribution in [0.2, 0.25) is 0 Å². The number of anilines is 1. The Balaban J connectivity index is 1.78. The second kappa shape index (κ2) is 7.53. The van der Waals surface area contributed by atoms with Crippen molar-refractivity contribution in [1.82, 2.24) is 9.99 Å². The molecule has 2 heterocycles. The minimum atomic E-state index is -0.508. The molecular formula is C21H24N4O3. The Morgan fingerprint density at radius 2 is 1.93 bits per heavy atom. The molecule has 1 N–H and O–H groups in total. The van der Waals surface area contributed by atoms with Crippen LogP contribution >= 0.6 is 0 Å². The molecule has 1 aliphatic heterocycles. The highest BCUT2D eigenvalue weighted by Gasteiger charge is 2.31. The number of aromatic nitrogens is 1. The van der Waals surface area contributed by atoms with Crippen molar-refractivity contribution in [2.75, 3.05) is 32.8 Å². The highest BCUT2D eigenvalue weighted by atomic mass is 16.5. The van der Waals surface area contributed by atoms with E-state index in [4.69, 9.17) is 19.2 Å². The Morgan fingerprint density at radius 3 is 2.68 bits per heavy atom. The average Bonchev–Trinajstić information content (AvgIpc) is 3.15. The van der Waals surface area contributed by atoms with Crippen LogP contribution in [0, 0.1) is 0 Å². The van der Waals surface area contributed by atoms with Crippen molar-refractivity contribution in [3.8, 4) is 11.5 Å². The van der Waals surface area contributed by atoms with Crippen LogP contribution in [0.25, 0.3) is 10.9 Å². The SMILES string of the molecule is CCOC1N=C(Oc2ccc3[nH]ccc3c2)c2cc(OC)ccc2N1N(C)C. The van der Waals surface area contributed by atoms with E-state index in [1.807, 2.05) is 79.7 Å². The van der Waals surface area contributed by atoms with Crippen LogP contribution in [0.4, 0.5) is 5.69 Å². The summed E-state index contributed by atoms with van der Waals surface area (Å²) >= 11 is 0. The van der Waals surface area contributed by atoms with Gasteiger partial charge in [-0.15, -0.1) is 0 Å². The minimum absolute atomic E-state index is 0.500. The maximum absolute atomic E-state index is 6.22. The second-order valence-electron chi connectivity index (χ2n) is 6.62. The number of fused-ring (bicyclic) bond motifs is 2. The summed E-state index contributed by atoms with van der Waals surface area (Å²) in [5.74, 6) is 1.96. The lowest BCUT2D eigenvalue weighted by Gasteiger charge is -2.39. The summed E-state index contributed by atoms with van der Waals surface area (Å²) in [5.41, 5.74) is 2.85. The lowest BCUT2D eigenvalue weighted by Crippen LogP contribution is -2.49. The van der Waals surface area contributed by atoms with Gasteiger partial charge in [0.2, 0.25) is 12.2 Å². The highest BCUT2D eigenvalue weighted by molar-refractivity contribution is 6.03. The molecule has 1 unspecified atom stereocenters. The van der Waals surface area contributed by atoms with E-state index in [-0.39, 0.29) is 0 Å². The van der Waals surface area contributed by atoms with Crippen molar-refractivity contribution in [1.29, 1.82) is 0 Å². The molecule has 3 aromatic rings. The molecule has 4 rings (SSSR count). The van der Waals surface area contributed by atoms with E-state index in [9.17, 15) is 0 Å². The summed E-state index contributed by atoms with van der Waals surface area (Å²) in [7, 11) is 5.57. The first-order valence-corrected chi connectivity index (χ1v) is 9.20. The van der Waals surface area contributed by atoms with Gasteiger partial charge in [0.1, 0.15) is 11.5 Å². The maximum Gasteiger partial charge on any atom is 0.245 e. The normalized spacial score (nSPS) is 16.2. The number of aromatic amines is 1. The number of hydrogen-bond donors (Lipinski definition) is 1. The summed E-state index contributed by atoms with van der Waals surface area (Å²) in [5, 5.41) is 5.02. The lowest BCUT2D eigenvalue weighted by atomic mass is 10.1. The number of methoxy groups -OCH3 is 1. The predicted molar refractivity (Wildman–Crippen MR) is 110 cm³/mol. The van der Waals surface area contributed by atoms with Crippen LogP contribution in [-0.4, -0.2) is 50.1 Å². The van der Waals surface area contributed by atoms with Gasteiger partial charge in [0.25, 0.3) is 0 Å². The number of aliphatic imine (C=N–C) groups is 1. The molecule has 0 spiro atoms. The molecule has 0 bridgehead atoms. The Kier molecular flexibility index (Phi) is 4.93. The van der Waals surface area contributed by atoms with Gasteiger partial charge in [-0.05, 0) is 49.4 Å². The first kappa shape index (κ1) is 18.3. The summed E-state index contributed by atoms with van der Waals surface area (Å²) in [4.78, 5) is 7.94. The average molecular weight is 380 g/mol. The van der Waals surface area contributed by atoms with Gasteiger partial charge in [0.05, 0.1) is 18.4 Å². The van der Waals surface area contributed by atoms with E-state index in [1.165, 1.54) is 0 Å². The summed E-state index contributed by atoms with van der Waals surface area (Å²) in [6.07, 6.45) is 1.40. The van der Waals surface area contributed by atoms with Crippen molar-refractivity contribution in [3.63, 3.8) is 0 Å². The fourth-order valence-electron chi connectivity index (χ4n) is 3.31. The van der Waals surface area contributed by atoms with Crippen molar-refractivity contribution < 1.29 is 14.2 Å². The van der Waals surface area contributed by atoms with Crippen molar-refractivity contribution >= 4 is 22.5 Å². The summed E-state index contributed by atoms with van der Waals surface area (Å²) in [6, 6.07) is 13.8. The molecule has 1 atom stereocenters. The van der Waals surface area contributed by atoms with Gasteiger partial charge in [0, 0.05) is 37.8 Å². The molecule has 2 aromatic carbocycles. The molecule has 0 radical (unpaired) electrons. The quantitative estimate of drug-likeness (QED) is 0.733. The van der Waals surface area contributed by atoms with Gasteiger partial charge in [-0.25, -0.2) is 5.01 Å². The largest absolute Gasteiger partial charge is 0.497 e. The van der Waals surface area contributed by atoms with Crippen LogP contribution in [0.15, 0.2) is 53.7 Å². The zero-order valence-corrected chi connectivity index (χ0v) is 16.5. The molecular weight excluding hydrogens is 356 g/mol. The van der Waals surface area contributed by atoms with Crippen LogP contribution in [0.1, 0.15) is 12.5 Å². The zero-order valence-electron chi connectivity index (χ0n) is 16.5. The highest BCUT2D eigenvalue weighted by Crippen LogP contribution is 2.33. The Bertz CT molecular complexity index is 1010. The standard InChI is InChI=1S/C21H24N4O3/c1-5-27-21-23-20(28-16-6-8-18-14(12-16)10-11-22-18)17-13-15(26-4)7-9-19(17)25(21)24(2)3/h6-13,21-22H,5H2,1-4H3. The monoisotopic (exact) mass is 380 g/mol. The fraction of sp³-hybridized carbons (Fsp3) is 0.286. The first-order chi connectivity index (χ1) is 13.6. The van der Waals surface area contributed by atoms with Crippen LogP contribution in [-0.2, 0) is 4.74 Å². The Morgan fingerprint density at radius 1 is 1.11 bits per heavy atom. The predicted octanol–water partition coefficient (Wildman–Crippen LogP) is 3.62. The molecule has 7 nitrogen and oxygen atoms in total. The molecule has 0 amide bonds. The van der Waals surface area contributed by atoms with Crippen molar-refractivity contribution in [3.05, 3.63) is 54.2 Å². The van der Waals surface area contributed by atoms with E-state index < -0.39 is 6.35 Å². The fourth-order valence-corrected chi connectivity index (χ4v) is 3.31. The zero-order chi connectivity index (χ0) is 19.7. The second-order valence-corrected chi connectivity index (χ2v) is 6.62. The number of rotatable bonds is 5. The molecule has 0 aliphatic carbocycles. The number of nitrogens with one attached hydrogen (secondary N) is 1. The number of nitrogens with zero attached hydrogens (tertiary/aromatic N) is 3. The summed E-state index contributed by atoms with van der Waals surface area (Å²) in [6.45, 7) is 2.49. The first-order valence-electron chi connectivity index (χ1n) is 9.20. The molecule has 7 heteroatoms. The number of hydrogen-bond acceptors (Lipinski definition) is 6. The van der Waals surface area contributed by atoms with E-state index in [2.05, 4.69) is 4.98 Å². The molecule has 1 aliphatic rings. The maximum atomic E-state index is 6.22. The third-order valence-electron chi connectivity index (χ3n) is 4.60.